The average molecular weight is 321 g/mol. The van der Waals surface area contributed by atoms with Gasteiger partial charge in [-0.1, -0.05) is 0 Å². The largest absolute Gasteiger partial charge is 0.490 e. The zero-order valence-electron chi connectivity index (χ0n) is 13.6. The highest BCUT2D eigenvalue weighted by Crippen LogP contribution is 2.35. The molecule has 2 rings (SSSR count). The Balaban J connectivity index is 2.15. The lowest BCUT2D eigenvalue weighted by molar-refractivity contribution is -0.139. The molecular weight excluding hydrogens is 298 g/mol. The summed E-state index contributed by atoms with van der Waals surface area (Å²) in [5.74, 6) is -0.0701. The number of hydrogen-bond acceptors (Lipinski definition) is 4. The third-order valence-electron chi connectivity index (χ3n) is 3.98. The molecular formula is C17H23NO5. The molecule has 1 saturated carbocycles. The predicted octanol–water partition coefficient (Wildman–Crippen LogP) is 2.61. The third-order valence-corrected chi connectivity index (χ3v) is 3.98. The normalized spacial score (nSPS) is 15.4. The van der Waals surface area contributed by atoms with Crippen LogP contribution in [0.15, 0.2) is 18.2 Å². The Kier molecular flexibility index (Phi) is 5.47. The van der Waals surface area contributed by atoms with E-state index in [0.717, 1.165) is 6.42 Å². The van der Waals surface area contributed by atoms with Gasteiger partial charge in [0.15, 0.2) is 11.5 Å². The number of hydrogen-bond donors (Lipinski definition) is 2. The summed E-state index contributed by atoms with van der Waals surface area (Å²) in [6, 6.07) is 5.00. The van der Waals surface area contributed by atoms with E-state index < -0.39 is 11.5 Å². The summed E-state index contributed by atoms with van der Waals surface area (Å²) in [4.78, 5) is 23.5. The lowest BCUT2D eigenvalue weighted by Gasteiger charge is -2.41. The highest BCUT2D eigenvalue weighted by atomic mass is 16.5. The van der Waals surface area contributed by atoms with E-state index in [9.17, 15) is 9.59 Å². The topological polar surface area (TPSA) is 84.9 Å². The second-order valence-electron chi connectivity index (χ2n) is 5.69. The summed E-state index contributed by atoms with van der Waals surface area (Å²) in [7, 11) is 0. The summed E-state index contributed by atoms with van der Waals surface area (Å²) in [5, 5.41) is 11.9. The number of rotatable bonds is 8. The van der Waals surface area contributed by atoms with Gasteiger partial charge in [0.2, 0.25) is 0 Å². The van der Waals surface area contributed by atoms with Crippen LogP contribution < -0.4 is 14.8 Å². The fourth-order valence-electron chi connectivity index (χ4n) is 2.74. The number of nitrogens with one attached hydrogen (secondary N) is 1. The lowest BCUT2D eigenvalue weighted by atomic mass is 9.74. The first-order valence-corrected chi connectivity index (χ1v) is 7.93. The minimum Gasteiger partial charge on any atom is -0.490 e. The predicted molar refractivity (Wildman–Crippen MR) is 85.1 cm³/mol. The van der Waals surface area contributed by atoms with Gasteiger partial charge in [0.25, 0.3) is 5.91 Å². The van der Waals surface area contributed by atoms with Gasteiger partial charge in [0, 0.05) is 5.56 Å². The summed E-state index contributed by atoms with van der Waals surface area (Å²) >= 11 is 0. The van der Waals surface area contributed by atoms with Crippen LogP contribution in [0.25, 0.3) is 0 Å². The van der Waals surface area contributed by atoms with Crippen molar-refractivity contribution in [2.24, 2.45) is 0 Å². The number of carboxylic acid groups (broad SMARTS) is 1. The highest BCUT2D eigenvalue weighted by molar-refractivity contribution is 5.95. The Bertz CT molecular complexity index is 580. The van der Waals surface area contributed by atoms with E-state index in [1.54, 1.807) is 18.2 Å². The Morgan fingerprint density at radius 3 is 2.35 bits per heavy atom. The maximum Gasteiger partial charge on any atom is 0.305 e. The first-order valence-electron chi connectivity index (χ1n) is 7.93. The minimum absolute atomic E-state index is 0.0475. The molecule has 1 aromatic carbocycles. The number of ether oxygens (including phenoxy) is 2. The summed E-state index contributed by atoms with van der Waals surface area (Å²) in [6.45, 7) is 4.71. The molecule has 1 fully saturated rings. The molecule has 0 heterocycles. The number of carbonyl (C=O) groups excluding carboxylic acids is 1. The van der Waals surface area contributed by atoms with E-state index in [4.69, 9.17) is 14.6 Å². The van der Waals surface area contributed by atoms with Crippen molar-refractivity contribution in [1.82, 2.24) is 5.32 Å². The van der Waals surface area contributed by atoms with Gasteiger partial charge in [-0.3, -0.25) is 9.59 Å². The second kappa shape index (κ2) is 7.35. The van der Waals surface area contributed by atoms with E-state index >= 15 is 0 Å². The van der Waals surface area contributed by atoms with Crippen molar-refractivity contribution in [3.05, 3.63) is 23.8 Å². The van der Waals surface area contributed by atoms with Crippen LogP contribution in [0.4, 0.5) is 0 Å². The highest BCUT2D eigenvalue weighted by Gasteiger charge is 2.40. The Hall–Kier alpha value is -2.24. The van der Waals surface area contributed by atoms with Gasteiger partial charge in [0.05, 0.1) is 25.2 Å². The van der Waals surface area contributed by atoms with Crippen LogP contribution in [0.5, 0.6) is 11.5 Å². The van der Waals surface area contributed by atoms with E-state index in [1.807, 2.05) is 13.8 Å². The lowest BCUT2D eigenvalue weighted by Crippen LogP contribution is -2.54. The SMILES string of the molecule is CCOc1ccc(C(=O)NC2(CC(=O)O)CCC2)cc1OCC. The fourth-order valence-corrected chi connectivity index (χ4v) is 2.74. The summed E-state index contributed by atoms with van der Waals surface area (Å²) < 4.78 is 11.0. The van der Waals surface area contributed by atoms with Gasteiger partial charge in [-0.2, -0.15) is 0 Å². The Morgan fingerprint density at radius 2 is 1.83 bits per heavy atom. The van der Waals surface area contributed by atoms with Crippen molar-refractivity contribution >= 4 is 11.9 Å². The molecule has 23 heavy (non-hydrogen) atoms. The van der Waals surface area contributed by atoms with E-state index in [1.165, 1.54) is 0 Å². The van der Waals surface area contributed by atoms with E-state index in [2.05, 4.69) is 5.32 Å². The van der Waals surface area contributed by atoms with Gasteiger partial charge in [-0.15, -0.1) is 0 Å². The zero-order chi connectivity index (χ0) is 16.9. The van der Waals surface area contributed by atoms with Crippen LogP contribution in [0.3, 0.4) is 0 Å². The summed E-state index contributed by atoms with van der Waals surface area (Å²) in [5.41, 5.74) is -0.179. The van der Waals surface area contributed by atoms with Crippen molar-refractivity contribution in [1.29, 1.82) is 0 Å². The Labute approximate surface area is 135 Å². The number of benzene rings is 1. The van der Waals surface area contributed by atoms with Crippen LogP contribution in [0.1, 0.15) is 49.9 Å². The van der Waals surface area contributed by atoms with Crippen LogP contribution in [-0.4, -0.2) is 35.7 Å². The van der Waals surface area contributed by atoms with Gasteiger partial charge < -0.3 is 19.9 Å². The maximum atomic E-state index is 12.5. The first kappa shape index (κ1) is 17.1. The molecule has 0 spiro atoms. The monoisotopic (exact) mass is 321 g/mol. The van der Waals surface area contributed by atoms with E-state index in [-0.39, 0.29) is 12.3 Å². The molecule has 6 heteroatoms. The van der Waals surface area contributed by atoms with Gasteiger partial charge in [-0.05, 0) is 51.3 Å². The molecule has 0 radical (unpaired) electrons. The molecule has 0 saturated heterocycles. The first-order chi connectivity index (χ1) is 11.0. The van der Waals surface area contributed by atoms with Crippen molar-refractivity contribution in [2.45, 2.75) is 45.1 Å². The molecule has 1 aliphatic carbocycles. The molecule has 1 aromatic rings. The van der Waals surface area contributed by atoms with Crippen molar-refractivity contribution in [3.8, 4) is 11.5 Å². The molecule has 2 N–H and O–H groups in total. The molecule has 126 valence electrons. The van der Waals surface area contributed by atoms with E-state index in [0.29, 0.717) is 43.1 Å². The molecule has 0 atom stereocenters. The maximum absolute atomic E-state index is 12.5. The molecule has 1 aliphatic rings. The molecule has 0 aliphatic heterocycles. The van der Waals surface area contributed by atoms with Gasteiger partial charge in [-0.25, -0.2) is 0 Å². The van der Waals surface area contributed by atoms with Gasteiger partial charge in [0.1, 0.15) is 0 Å². The number of carbonyl (C=O) groups is 2. The molecule has 6 nitrogen and oxygen atoms in total. The van der Waals surface area contributed by atoms with Crippen LogP contribution in [0.2, 0.25) is 0 Å². The van der Waals surface area contributed by atoms with Crippen molar-refractivity contribution < 1.29 is 24.2 Å². The van der Waals surface area contributed by atoms with Crippen LogP contribution >= 0.6 is 0 Å². The number of aliphatic carboxylic acids is 1. The quantitative estimate of drug-likeness (QED) is 0.769. The zero-order valence-corrected chi connectivity index (χ0v) is 13.6. The molecule has 0 aromatic heterocycles. The van der Waals surface area contributed by atoms with Crippen LogP contribution in [0, 0.1) is 0 Å². The summed E-state index contributed by atoms with van der Waals surface area (Å²) in [6.07, 6.45) is 2.27. The minimum atomic E-state index is -0.897. The van der Waals surface area contributed by atoms with Gasteiger partial charge >= 0.3 is 5.97 Å². The third kappa shape index (κ3) is 4.15. The molecule has 1 amide bonds. The smallest absolute Gasteiger partial charge is 0.305 e. The molecule has 0 unspecified atom stereocenters. The second-order valence-corrected chi connectivity index (χ2v) is 5.69. The number of carboxylic acids is 1. The average Bonchev–Trinajstić information content (AvgIpc) is 2.46. The number of amides is 1. The standard InChI is InChI=1S/C17H23NO5/c1-3-22-13-7-6-12(10-14(13)23-4-2)16(21)18-17(8-5-9-17)11-15(19)20/h6-7,10H,3-5,8-9,11H2,1-2H3,(H,18,21)(H,19,20). The van der Waals surface area contributed by atoms with Crippen LogP contribution in [-0.2, 0) is 4.79 Å². The van der Waals surface area contributed by atoms with Crippen molar-refractivity contribution in [2.75, 3.05) is 13.2 Å². The fraction of sp³-hybridized carbons (Fsp3) is 0.529. The Morgan fingerprint density at radius 1 is 1.17 bits per heavy atom. The molecule has 0 bridgehead atoms. The van der Waals surface area contributed by atoms with Crippen molar-refractivity contribution in [3.63, 3.8) is 0 Å².